The normalized spacial score (nSPS) is 30.4. The molecule has 0 aliphatic carbocycles. The van der Waals surface area contributed by atoms with E-state index < -0.39 is 0 Å². The molecule has 0 aromatic carbocycles. The minimum atomic E-state index is -0.124. The first-order valence-electron chi connectivity index (χ1n) is 4.09. The van der Waals surface area contributed by atoms with Gasteiger partial charge in [-0.25, -0.2) is 0 Å². The average molecular weight is 157 g/mol. The Morgan fingerprint density at radius 3 is 2.91 bits per heavy atom. The second-order valence-electron chi connectivity index (χ2n) is 2.99. The van der Waals surface area contributed by atoms with Crippen molar-refractivity contribution >= 4 is 5.97 Å². The van der Waals surface area contributed by atoms with Crippen molar-refractivity contribution in [2.24, 2.45) is 5.92 Å². The molecule has 1 aliphatic rings. The molecule has 1 N–H and O–H groups in total. The molecule has 0 bridgehead atoms. The van der Waals surface area contributed by atoms with Crippen molar-refractivity contribution in [2.45, 2.75) is 25.8 Å². The molecule has 1 aliphatic heterocycles. The van der Waals surface area contributed by atoms with E-state index >= 15 is 0 Å². The summed E-state index contributed by atoms with van der Waals surface area (Å²) in [7, 11) is 1.43. The maximum Gasteiger partial charge on any atom is 0.322 e. The smallest absolute Gasteiger partial charge is 0.322 e. The largest absolute Gasteiger partial charge is 0.468 e. The lowest BCUT2D eigenvalue weighted by Crippen LogP contribution is -2.31. The second kappa shape index (κ2) is 3.72. The third-order valence-corrected chi connectivity index (χ3v) is 2.29. The van der Waals surface area contributed by atoms with Crippen molar-refractivity contribution in [1.29, 1.82) is 0 Å². The predicted octanol–water partition coefficient (Wildman–Crippen LogP) is 0.547. The van der Waals surface area contributed by atoms with Gasteiger partial charge >= 0.3 is 5.97 Å². The molecule has 0 aromatic heterocycles. The zero-order chi connectivity index (χ0) is 8.27. The molecule has 2 atom stereocenters. The minimum Gasteiger partial charge on any atom is -0.468 e. The Balaban J connectivity index is 2.35. The Hall–Kier alpha value is -0.570. The van der Waals surface area contributed by atoms with Crippen molar-refractivity contribution in [3.05, 3.63) is 0 Å². The van der Waals surface area contributed by atoms with Crippen LogP contribution in [0.3, 0.4) is 0 Å². The van der Waals surface area contributed by atoms with Crippen LogP contribution in [-0.2, 0) is 9.53 Å². The Morgan fingerprint density at radius 1 is 1.73 bits per heavy atom. The molecule has 1 rings (SSSR count). The van der Waals surface area contributed by atoms with E-state index in [2.05, 4.69) is 17.0 Å². The number of methoxy groups -OCH3 is 1. The van der Waals surface area contributed by atoms with Crippen molar-refractivity contribution < 1.29 is 9.53 Å². The minimum absolute atomic E-state index is 0.0510. The maximum atomic E-state index is 11.0. The number of nitrogens with one attached hydrogen (secondary N) is 1. The summed E-state index contributed by atoms with van der Waals surface area (Å²) in [6.45, 7) is 3.10. The third kappa shape index (κ3) is 1.93. The fraction of sp³-hybridized carbons (Fsp3) is 0.875. The van der Waals surface area contributed by atoms with Crippen LogP contribution >= 0.6 is 0 Å². The summed E-state index contributed by atoms with van der Waals surface area (Å²) in [5.74, 6) is 0.528. The predicted molar refractivity (Wildman–Crippen MR) is 42.2 cm³/mol. The Bertz CT molecular complexity index is 147. The molecule has 64 valence electrons. The zero-order valence-corrected chi connectivity index (χ0v) is 7.09. The Kier molecular flexibility index (Phi) is 2.88. The van der Waals surface area contributed by atoms with Gasteiger partial charge in [0.2, 0.25) is 0 Å². The van der Waals surface area contributed by atoms with Gasteiger partial charge in [-0.1, -0.05) is 13.3 Å². The highest BCUT2D eigenvalue weighted by Crippen LogP contribution is 2.17. The lowest BCUT2D eigenvalue weighted by molar-refractivity contribution is -0.142. The molecule has 3 heteroatoms. The first kappa shape index (κ1) is 8.53. The third-order valence-electron chi connectivity index (χ3n) is 2.29. The van der Waals surface area contributed by atoms with E-state index in [9.17, 15) is 4.79 Å². The lowest BCUT2D eigenvalue weighted by atomic mass is 10.0. The van der Waals surface area contributed by atoms with E-state index in [1.807, 2.05) is 0 Å². The molecule has 1 fully saturated rings. The van der Waals surface area contributed by atoms with E-state index in [0.29, 0.717) is 5.92 Å². The number of carbonyl (C=O) groups excluding carboxylic acids is 1. The van der Waals surface area contributed by atoms with Gasteiger partial charge in [0.25, 0.3) is 0 Å². The first-order chi connectivity index (χ1) is 5.27. The van der Waals surface area contributed by atoms with Gasteiger partial charge < -0.3 is 10.1 Å². The number of rotatable bonds is 2. The molecule has 0 aromatic rings. The van der Waals surface area contributed by atoms with E-state index in [1.165, 1.54) is 7.11 Å². The molecule has 0 amide bonds. The first-order valence-corrected chi connectivity index (χ1v) is 4.09. The van der Waals surface area contributed by atoms with Crippen LogP contribution in [0.5, 0.6) is 0 Å². The molecule has 1 heterocycles. The summed E-state index contributed by atoms with van der Waals surface area (Å²) in [5, 5.41) is 3.13. The average Bonchev–Trinajstić information content (AvgIpc) is 2.50. The van der Waals surface area contributed by atoms with Gasteiger partial charge in [-0.2, -0.15) is 0 Å². The molecule has 0 saturated carbocycles. The fourth-order valence-corrected chi connectivity index (χ4v) is 1.44. The van der Waals surface area contributed by atoms with E-state index in [4.69, 9.17) is 0 Å². The number of hydrogen-bond acceptors (Lipinski definition) is 3. The highest BCUT2D eigenvalue weighted by Gasteiger charge is 2.28. The molecule has 3 nitrogen and oxygen atoms in total. The monoisotopic (exact) mass is 157 g/mol. The zero-order valence-electron chi connectivity index (χ0n) is 7.09. The summed E-state index contributed by atoms with van der Waals surface area (Å²) in [4.78, 5) is 11.0. The van der Waals surface area contributed by atoms with Crippen LogP contribution in [0, 0.1) is 5.92 Å². The molecule has 0 unspecified atom stereocenters. The summed E-state index contributed by atoms with van der Waals surface area (Å²) in [5.41, 5.74) is 0. The molecular weight excluding hydrogens is 142 g/mol. The van der Waals surface area contributed by atoms with Gasteiger partial charge in [-0.3, -0.25) is 4.79 Å². The van der Waals surface area contributed by atoms with Crippen molar-refractivity contribution in [3.8, 4) is 0 Å². The van der Waals surface area contributed by atoms with Crippen molar-refractivity contribution in [1.82, 2.24) is 5.32 Å². The highest BCUT2D eigenvalue weighted by molar-refractivity contribution is 5.75. The molecule has 11 heavy (non-hydrogen) atoms. The van der Waals surface area contributed by atoms with Crippen LogP contribution in [-0.4, -0.2) is 25.7 Å². The molecule has 1 saturated heterocycles. The SMILES string of the molecule is CC[C@H]1CN[C@@H](C(=O)OC)C1. The number of hydrogen-bond donors (Lipinski definition) is 1. The Morgan fingerprint density at radius 2 is 2.45 bits per heavy atom. The van der Waals surface area contributed by atoms with Crippen LogP contribution in [0.25, 0.3) is 0 Å². The van der Waals surface area contributed by atoms with Gasteiger partial charge in [0.1, 0.15) is 6.04 Å². The summed E-state index contributed by atoms with van der Waals surface area (Å²) < 4.78 is 4.63. The number of ether oxygens (including phenoxy) is 1. The van der Waals surface area contributed by atoms with Gasteiger partial charge in [0.05, 0.1) is 7.11 Å². The van der Waals surface area contributed by atoms with E-state index in [1.54, 1.807) is 0 Å². The van der Waals surface area contributed by atoms with Crippen LogP contribution in [0.2, 0.25) is 0 Å². The van der Waals surface area contributed by atoms with Gasteiger partial charge in [-0.15, -0.1) is 0 Å². The van der Waals surface area contributed by atoms with Crippen molar-refractivity contribution in [3.63, 3.8) is 0 Å². The Labute approximate surface area is 67.1 Å². The summed E-state index contributed by atoms with van der Waals surface area (Å²) in [6.07, 6.45) is 2.07. The standard InChI is InChI=1S/C8H15NO2/c1-3-6-4-7(9-5-6)8(10)11-2/h6-7,9H,3-5H2,1-2H3/t6-,7-/m1/s1. The fourth-order valence-electron chi connectivity index (χ4n) is 1.44. The molecular formula is C8H15NO2. The van der Waals surface area contributed by atoms with Crippen LogP contribution in [0.4, 0.5) is 0 Å². The van der Waals surface area contributed by atoms with Crippen molar-refractivity contribution in [2.75, 3.05) is 13.7 Å². The topological polar surface area (TPSA) is 38.3 Å². The van der Waals surface area contributed by atoms with Crippen LogP contribution in [0.1, 0.15) is 19.8 Å². The number of carbonyl (C=O) groups is 1. The lowest BCUT2D eigenvalue weighted by Gasteiger charge is -2.06. The molecule has 0 radical (unpaired) electrons. The summed E-state index contributed by atoms with van der Waals surface area (Å²) in [6, 6.07) is -0.0510. The quantitative estimate of drug-likeness (QED) is 0.595. The van der Waals surface area contributed by atoms with E-state index in [-0.39, 0.29) is 12.0 Å². The summed E-state index contributed by atoms with van der Waals surface area (Å²) >= 11 is 0. The van der Waals surface area contributed by atoms with Gasteiger partial charge in [0, 0.05) is 0 Å². The number of esters is 1. The maximum absolute atomic E-state index is 11.0. The van der Waals surface area contributed by atoms with Gasteiger partial charge in [0.15, 0.2) is 0 Å². The van der Waals surface area contributed by atoms with Crippen LogP contribution < -0.4 is 5.32 Å². The second-order valence-corrected chi connectivity index (χ2v) is 2.99. The van der Waals surface area contributed by atoms with Gasteiger partial charge in [-0.05, 0) is 18.9 Å². The van der Waals surface area contributed by atoms with E-state index in [0.717, 1.165) is 19.4 Å². The van der Waals surface area contributed by atoms with Crippen LogP contribution in [0.15, 0.2) is 0 Å². The highest BCUT2D eigenvalue weighted by atomic mass is 16.5. The molecule has 0 spiro atoms.